The average molecular weight is 513 g/mol. The molecule has 1 unspecified atom stereocenters. The van der Waals surface area contributed by atoms with Gasteiger partial charge >= 0.3 is 0 Å². The lowest BCUT2D eigenvalue weighted by Gasteiger charge is -2.36. The molecule has 1 saturated heterocycles. The molecule has 7 heteroatoms. The smallest absolute Gasteiger partial charge is 0.224 e. The van der Waals surface area contributed by atoms with Gasteiger partial charge in [-0.05, 0) is 35.6 Å². The first-order valence-corrected chi connectivity index (χ1v) is 13.5. The monoisotopic (exact) mass is 512 g/mol. The number of hydrogen-bond donors (Lipinski definition) is 2. The highest BCUT2D eigenvalue weighted by Gasteiger charge is 2.32. The van der Waals surface area contributed by atoms with Gasteiger partial charge in [0.15, 0.2) is 5.78 Å². The number of carbonyl (C=O) groups is 2. The fraction of sp³-hybridized carbons (Fsp3) is 0.387. The molecule has 0 spiro atoms. The van der Waals surface area contributed by atoms with E-state index in [4.69, 9.17) is 0 Å². The molecule has 0 saturated carbocycles. The van der Waals surface area contributed by atoms with E-state index >= 15 is 0 Å². The second kappa shape index (κ2) is 12.4. The summed E-state index contributed by atoms with van der Waals surface area (Å²) in [5, 5.41) is 14.2. The number of aliphatic hydroxyl groups excluding tert-OH is 1. The van der Waals surface area contributed by atoms with Crippen LogP contribution >= 0.6 is 0 Å². The Kier molecular flexibility index (Phi) is 8.58. The zero-order valence-electron chi connectivity index (χ0n) is 21.7. The van der Waals surface area contributed by atoms with Gasteiger partial charge in [0.25, 0.3) is 0 Å². The van der Waals surface area contributed by atoms with Crippen LogP contribution in [0.1, 0.15) is 45.9 Å². The van der Waals surface area contributed by atoms with Crippen molar-refractivity contribution in [2.75, 3.05) is 32.7 Å². The predicted molar refractivity (Wildman–Crippen MR) is 146 cm³/mol. The van der Waals surface area contributed by atoms with E-state index in [9.17, 15) is 14.7 Å². The fourth-order valence-corrected chi connectivity index (χ4v) is 5.64. The van der Waals surface area contributed by atoms with Crippen LogP contribution in [-0.4, -0.2) is 70.4 Å². The first-order chi connectivity index (χ1) is 18.5. The molecule has 0 radical (unpaired) electrons. The minimum Gasteiger partial charge on any atom is -0.392 e. The summed E-state index contributed by atoms with van der Waals surface area (Å²) in [5.41, 5.74) is 3.85. The number of aromatic nitrogens is 1. The maximum absolute atomic E-state index is 13.5. The second-order valence-corrected chi connectivity index (χ2v) is 10.5. The summed E-state index contributed by atoms with van der Waals surface area (Å²) in [6.45, 7) is 5.07. The van der Waals surface area contributed by atoms with Gasteiger partial charge in [0.05, 0.1) is 12.1 Å². The molecule has 5 rings (SSSR count). The highest BCUT2D eigenvalue weighted by atomic mass is 16.3. The number of piperazine rings is 1. The van der Waals surface area contributed by atoms with Crippen molar-refractivity contribution in [1.82, 2.24) is 20.1 Å². The molecule has 3 aromatic rings. The minimum atomic E-state index is -0.614. The standard InChI is InChI=1S/C31H36N4O3/c36-26(22-35-15-13-34(14-16-35)21-24-9-6-12-32-20-24)18-25(17-23-7-2-1-3-8-23)31(38)33-29-19-30(37)28-11-5-4-10-27(28)29/h1-12,20,25-26,29,36H,13-19,21-22H2,(H,33,38)/t25?,26-,29+/m0/s1. The Morgan fingerprint density at radius 2 is 1.66 bits per heavy atom. The van der Waals surface area contributed by atoms with Gasteiger partial charge in [-0.3, -0.25) is 24.4 Å². The van der Waals surface area contributed by atoms with E-state index in [1.807, 2.05) is 66.9 Å². The average Bonchev–Trinajstić information content (AvgIpc) is 3.25. The number of benzene rings is 2. The number of ketones is 1. The first kappa shape index (κ1) is 26.2. The van der Waals surface area contributed by atoms with E-state index in [0.29, 0.717) is 24.9 Å². The summed E-state index contributed by atoms with van der Waals surface area (Å²) in [6, 6.07) is 21.2. The van der Waals surface area contributed by atoms with E-state index in [1.54, 1.807) is 6.20 Å². The number of Topliss-reactive ketones (excluding diaryl/α,β-unsaturated/α-hetero) is 1. The fourth-order valence-electron chi connectivity index (χ4n) is 5.64. The number of hydrogen-bond acceptors (Lipinski definition) is 6. The molecule has 2 heterocycles. The summed E-state index contributed by atoms with van der Waals surface area (Å²) in [6.07, 6.45) is 4.30. The zero-order chi connectivity index (χ0) is 26.3. The quantitative estimate of drug-likeness (QED) is 0.434. The number of nitrogens with zero attached hydrogens (tertiary/aromatic N) is 3. The Hall–Kier alpha value is -3.39. The van der Waals surface area contributed by atoms with Gasteiger partial charge in [0, 0.05) is 69.6 Å². The topological polar surface area (TPSA) is 85.8 Å². The molecule has 38 heavy (non-hydrogen) atoms. The molecule has 1 aromatic heterocycles. The molecular formula is C31H36N4O3. The molecule has 1 aliphatic carbocycles. The van der Waals surface area contributed by atoms with Crippen LogP contribution < -0.4 is 5.32 Å². The molecule has 7 nitrogen and oxygen atoms in total. The number of aliphatic hydroxyl groups is 1. The Morgan fingerprint density at radius 1 is 0.947 bits per heavy atom. The van der Waals surface area contributed by atoms with Crippen LogP contribution in [0.3, 0.4) is 0 Å². The number of rotatable bonds is 10. The van der Waals surface area contributed by atoms with Gasteiger partial charge in [-0.2, -0.15) is 0 Å². The number of pyridine rings is 1. The highest BCUT2D eigenvalue weighted by molar-refractivity contribution is 6.01. The van der Waals surface area contributed by atoms with Crippen molar-refractivity contribution >= 4 is 11.7 Å². The van der Waals surface area contributed by atoms with E-state index in [0.717, 1.165) is 43.9 Å². The lowest BCUT2D eigenvalue weighted by Crippen LogP contribution is -2.48. The van der Waals surface area contributed by atoms with Crippen LogP contribution in [0.5, 0.6) is 0 Å². The third-order valence-electron chi connectivity index (χ3n) is 7.66. The largest absolute Gasteiger partial charge is 0.392 e. The number of carbonyl (C=O) groups excluding carboxylic acids is 2. The summed E-state index contributed by atoms with van der Waals surface area (Å²) < 4.78 is 0. The molecule has 0 bridgehead atoms. The van der Waals surface area contributed by atoms with Crippen molar-refractivity contribution < 1.29 is 14.7 Å². The van der Waals surface area contributed by atoms with Crippen LogP contribution in [0.25, 0.3) is 0 Å². The first-order valence-electron chi connectivity index (χ1n) is 13.5. The van der Waals surface area contributed by atoms with Crippen molar-refractivity contribution in [3.8, 4) is 0 Å². The van der Waals surface area contributed by atoms with E-state index in [2.05, 4.69) is 26.2 Å². The molecule has 3 atom stereocenters. The number of nitrogens with one attached hydrogen (secondary N) is 1. The normalized spacial score (nSPS) is 19.6. The minimum absolute atomic E-state index is 0.0632. The van der Waals surface area contributed by atoms with Crippen LogP contribution in [0.15, 0.2) is 79.1 Å². The van der Waals surface area contributed by atoms with Crippen LogP contribution in [0, 0.1) is 5.92 Å². The summed E-state index contributed by atoms with van der Waals surface area (Å²) in [4.78, 5) is 34.8. The Balaban J connectivity index is 1.18. The van der Waals surface area contributed by atoms with E-state index in [-0.39, 0.29) is 30.1 Å². The lowest BCUT2D eigenvalue weighted by molar-refractivity contribution is -0.126. The van der Waals surface area contributed by atoms with Crippen molar-refractivity contribution in [2.24, 2.45) is 5.92 Å². The predicted octanol–water partition coefficient (Wildman–Crippen LogP) is 3.25. The molecule has 1 aliphatic heterocycles. The number of fused-ring (bicyclic) bond motifs is 1. The molecule has 198 valence electrons. The van der Waals surface area contributed by atoms with E-state index < -0.39 is 6.10 Å². The van der Waals surface area contributed by atoms with Crippen molar-refractivity contribution in [2.45, 2.75) is 38.0 Å². The van der Waals surface area contributed by atoms with Crippen molar-refractivity contribution in [3.05, 3.63) is 101 Å². The second-order valence-electron chi connectivity index (χ2n) is 10.5. The van der Waals surface area contributed by atoms with E-state index in [1.165, 1.54) is 5.56 Å². The molecule has 2 aliphatic rings. The van der Waals surface area contributed by atoms with Crippen molar-refractivity contribution in [3.63, 3.8) is 0 Å². The Labute approximate surface area is 224 Å². The van der Waals surface area contributed by atoms with Gasteiger partial charge in [0.2, 0.25) is 5.91 Å². The Bertz CT molecular complexity index is 1210. The maximum Gasteiger partial charge on any atom is 0.224 e. The molecule has 2 N–H and O–H groups in total. The summed E-state index contributed by atoms with van der Waals surface area (Å²) >= 11 is 0. The van der Waals surface area contributed by atoms with Gasteiger partial charge in [0.1, 0.15) is 0 Å². The highest BCUT2D eigenvalue weighted by Crippen LogP contribution is 2.31. The SMILES string of the molecule is O=C1C[C@@H](NC(=O)C(Cc2ccccc2)C[C@H](O)CN2CCN(Cc3cccnc3)CC2)c2ccccc21. The number of amides is 1. The molecule has 1 amide bonds. The lowest BCUT2D eigenvalue weighted by atomic mass is 9.92. The Morgan fingerprint density at radius 3 is 2.42 bits per heavy atom. The van der Waals surface area contributed by atoms with Crippen LogP contribution in [0.4, 0.5) is 0 Å². The van der Waals surface area contributed by atoms with Gasteiger partial charge < -0.3 is 10.4 Å². The molecule has 2 aromatic carbocycles. The maximum atomic E-state index is 13.5. The van der Waals surface area contributed by atoms with Crippen LogP contribution in [0.2, 0.25) is 0 Å². The molecular weight excluding hydrogens is 476 g/mol. The summed E-state index contributed by atoms with van der Waals surface area (Å²) in [7, 11) is 0. The zero-order valence-corrected chi connectivity index (χ0v) is 21.7. The molecule has 1 fully saturated rings. The van der Waals surface area contributed by atoms with Gasteiger partial charge in [-0.25, -0.2) is 0 Å². The van der Waals surface area contributed by atoms with Crippen molar-refractivity contribution in [1.29, 1.82) is 0 Å². The van der Waals surface area contributed by atoms with Gasteiger partial charge in [-0.1, -0.05) is 60.7 Å². The third kappa shape index (κ3) is 6.72. The third-order valence-corrected chi connectivity index (χ3v) is 7.66. The van der Waals surface area contributed by atoms with Crippen LogP contribution in [-0.2, 0) is 17.8 Å². The number of β-amino-alcohol motifs (C(OH)–C–C–N with tert-alkyl or cyclic N) is 1. The van der Waals surface area contributed by atoms with Gasteiger partial charge in [-0.15, -0.1) is 0 Å². The summed E-state index contributed by atoms with van der Waals surface area (Å²) in [5.74, 6) is -0.431.